The quantitative estimate of drug-likeness (QED) is 0.102. The lowest BCUT2D eigenvalue weighted by atomic mass is 9.98. The molecule has 19 aromatic carbocycles. The molecule has 150 heavy (non-hydrogen) atoms. The van der Waals surface area contributed by atoms with E-state index in [2.05, 4.69) is 546 Å². The van der Waals surface area contributed by atoms with Crippen LogP contribution in [0.2, 0.25) is 0 Å². The molecule has 0 aliphatic rings. The van der Waals surface area contributed by atoms with Crippen molar-refractivity contribution < 1.29 is 0 Å². The maximum absolute atomic E-state index is 5.30. The molecule has 30 rings (SSSR count). The van der Waals surface area contributed by atoms with E-state index < -0.39 is 0 Å². The van der Waals surface area contributed by atoms with Crippen molar-refractivity contribution in [2.45, 2.75) is 0 Å². The highest BCUT2D eigenvalue weighted by molar-refractivity contribution is 6.17. The third-order valence-corrected chi connectivity index (χ3v) is 29.6. The van der Waals surface area contributed by atoms with Crippen molar-refractivity contribution in [2.24, 2.45) is 0 Å². The van der Waals surface area contributed by atoms with Crippen LogP contribution in [0.1, 0.15) is 0 Å². The van der Waals surface area contributed by atoms with Crippen molar-refractivity contribution in [2.75, 3.05) is 0 Å². The van der Waals surface area contributed by atoms with Crippen molar-refractivity contribution in [1.82, 2.24) is 52.3 Å². The molecule has 0 aliphatic carbocycles. The molecule has 0 radical (unpaired) electrons. The van der Waals surface area contributed by atoms with Crippen LogP contribution < -0.4 is 0 Å². The topological polar surface area (TPSA) is 94.0 Å². The molecule has 0 saturated heterocycles. The van der Waals surface area contributed by atoms with Gasteiger partial charge >= 0.3 is 0 Å². The van der Waals surface area contributed by atoms with Gasteiger partial charge in [-0.3, -0.25) is 24.1 Å². The van der Waals surface area contributed by atoms with Gasteiger partial charge in [-0.05, 0) is 266 Å². The molecule has 0 N–H and O–H groups in total. The van der Waals surface area contributed by atoms with E-state index in [-0.39, 0.29) is 0 Å². The van der Waals surface area contributed by atoms with Crippen molar-refractivity contribution in [3.8, 4) is 135 Å². The van der Waals surface area contributed by atoms with Crippen molar-refractivity contribution in [3.05, 3.63) is 553 Å². The SMILES string of the molecule is c1ccc(-c2cc(-c3ccccc3)cc(-n3c4ccccc4c4cc(-c5ccc6c(c5)c5ccncc5n6-c5ccccc5)ccc43)c2)cc1.c1ccc(-c2cc(-c3ccccc3)nc(-n3c4ccccc4c4cc(-c5ccc6c(c5)c5ccncc5n6-c5ccccc5)ccc43)c2)cc1.c1ccc(-c2cc(-c3ccccc3)nc(-n3c4ccccc4c4cc(-c5ccc6c(c5)c5ccncc5n6-c5ccccc5)ccc43)c2)cc1. The van der Waals surface area contributed by atoms with Gasteiger partial charge in [0.2, 0.25) is 0 Å². The van der Waals surface area contributed by atoms with Gasteiger partial charge in [0.25, 0.3) is 0 Å². The average molecular weight is 1920 g/mol. The van der Waals surface area contributed by atoms with Crippen LogP contribution in [0.3, 0.4) is 0 Å². The van der Waals surface area contributed by atoms with E-state index in [9.17, 15) is 0 Å². The highest BCUT2D eigenvalue weighted by Crippen LogP contribution is 2.47. The second-order valence-electron chi connectivity index (χ2n) is 38.3. The van der Waals surface area contributed by atoms with E-state index in [1.807, 2.05) is 49.3 Å². The molecule has 0 fully saturated rings. The number of fused-ring (bicyclic) bond motifs is 18. The first-order chi connectivity index (χ1) is 74.4. The Morgan fingerprint density at radius 3 is 0.613 bits per heavy atom. The predicted octanol–water partition coefficient (Wildman–Crippen LogP) is 35.6. The van der Waals surface area contributed by atoms with Crippen LogP contribution in [-0.2, 0) is 0 Å². The largest absolute Gasteiger partial charge is 0.309 e. The lowest BCUT2D eigenvalue weighted by Gasteiger charge is -2.14. The number of rotatable bonds is 15. The summed E-state index contributed by atoms with van der Waals surface area (Å²) in [6.45, 7) is 0. The summed E-state index contributed by atoms with van der Waals surface area (Å²) in [5.74, 6) is 1.79. The number of nitrogens with zero attached hydrogens (tertiary/aromatic N) is 11. The first-order valence-corrected chi connectivity index (χ1v) is 50.8. The maximum Gasteiger partial charge on any atom is 0.138 e. The van der Waals surface area contributed by atoms with Gasteiger partial charge in [-0.2, -0.15) is 0 Å². The minimum Gasteiger partial charge on any atom is -0.309 e. The highest BCUT2D eigenvalue weighted by atomic mass is 15.1. The lowest BCUT2D eigenvalue weighted by molar-refractivity contribution is 1.08. The van der Waals surface area contributed by atoms with Crippen molar-refractivity contribution in [3.63, 3.8) is 0 Å². The number of aromatic nitrogens is 11. The summed E-state index contributed by atoms with van der Waals surface area (Å²) in [6.07, 6.45) is 11.6. The van der Waals surface area contributed by atoms with Crippen LogP contribution in [0.5, 0.6) is 0 Å². The minimum absolute atomic E-state index is 0.896. The first-order valence-electron chi connectivity index (χ1n) is 50.8. The van der Waals surface area contributed by atoms with Crippen molar-refractivity contribution in [1.29, 1.82) is 0 Å². The van der Waals surface area contributed by atoms with Gasteiger partial charge in [0.15, 0.2) is 0 Å². The number of hydrogen-bond acceptors (Lipinski definition) is 5. The molecule has 11 nitrogen and oxygen atoms in total. The third-order valence-electron chi connectivity index (χ3n) is 29.6. The van der Waals surface area contributed by atoms with E-state index in [1.54, 1.807) is 0 Å². The Hall–Kier alpha value is -20.3. The second kappa shape index (κ2) is 37.2. The summed E-state index contributed by atoms with van der Waals surface area (Å²) in [7, 11) is 0. The van der Waals surface area contributed by atoms with Gasteiger partial charge in [0.1, 0.15) is 11.6 Å². The smallest absolute Gasteiger partial charge is 0.138 e. The summed E-state index contributed by atoms with van der Waals surface area (Å²) in [5.41, 5.74) is 38.8. The fraction of sp³-hybridized carbons (Fsp3) is 0. The standard InChI is InChI=1S/C47H31N3.2C46H30N4/c1-4-12-32(13-5-1)36-26-37(33-14-6-2-7-15-33)28-39(27-36)50-44-19-11-10-18-40(44)42-29-34(21-23-46(42)50)35-20-22-45-43(30-35)41-24-25-48-31-47(41)49(45)38-16-8-3-9-17-38;2*1-4-12-31(13-5-1)35-28-41(32-14-6-2-7-15-32)48-46(29-35)50-42-19-11-10-18-37(42)39-26-34(21-23-44(39)50)33-20-22-43-40(27-33)38-24-25-47-30-45(38)49(43)36-16-8-3-9-17-36/h1-31H;2*1-30H. The molecular weight excluding hydrogens is 1820 g/mol. The Morgan fingerprint density at radius 1 is 0.120 bits per heavy atom. The van der Waals surface area contributed by atoms with Crippen LogP contribution >= 0.6 is 0 Å². The maximum atomic E-state index is 5.30. The van der Waals surface area contributed by atoms with Gasteiger partial charge in [0.05, 0.1) is 96.2 Å². The number of pyridine rings is 5. The Labute approximate surface area is 864 Å². The van der Waals surface area contributed by atoms with E-state index in [0.717, 1.165) is 118 Å². The molecule has 702 valence electrons. The Bertz CT molecular complexity index is 9320. The molecule has 30 aromatic rings. The molecule has 0 bridgehead atoms. The molecule has 0 spiro atoms. The summed E-state index contributed by atoms with van der Waals surface area (Å²) in [4.78, 5) is 24.0. The number of para-hydroxylation sites is 6. The lowest BCUT2D eigenvalue weighted by Crippen LogP contribution is -2.00. The zero-order valence-corrected chi connectivity index (χ0v) is 81.5. The van der Waals surface area contributed by atoms with Crippen LogP contribution in [0.4, 0.5) is 0 Å². The molecule has 0 atom stereocenters. The summed E-state index contributed by atoms with van der Waals surface area (Å²) in [5, 5.41) is 14.5. The molecule has 0 unspecified atom stereocenters. The van der Waals surface area contributed by atoms with Crippen LogP contribution in [0, 0.1) is 0 Å². The van der Waals surface area contributed by atoms with Crippen LogP contribution in [0.15, 0.2) is 553 Å². The fourth-order valence-corrected chi connectivity index (χ4v) is 22.6. The van der Waals surface area contributed by atoms with E-state index in [4.69, 9.17) is 9.97 Å². The number of benzene rings is 19. The fourth-order valence-electron chi connectivity index (χ4n) is 22.6. The van der Waals surface area contributed by atoms with Gasteiger partial charge in [-0.25, -0.2) is 9.97 Å². The third kappa shape index (κ3) is 15.5. The van der Waals surface area contributed by atoms with E-state index >= 15 is 0 Å². The molecule has 0 amide bonds. The van der Waals surface area contributed by atoms with Gasteiger partial charge in [0, 0.05) is 117 Å². The summed E-state index contributed by atoms with van der Waals surface area (Å²) >= 11 is 0. The number of hydrogen-bond donors (Lipinski definition) is 0. The highest BCUT2D eigenvalue weighted by Gasteiger charge is 2.25. The van der Waals surface area contributed by atoms with Gasteiger partial charge in [-0.1, -0.05) is 328 Å². The molecule has 11 heteroatoms. The zero-order valence-electron chi connectivity index (χ0n) is 81.5. The molecule has 11 heterocycles. The predicted molar refractivity (Wildman–Crippen MR) is 623 cm³/mol. The first kappa shape index (κ1) is 87.5. The van der Waals surface area contributed by atoms with Crippen molar-refractivity contribution >= 4 is 131 Å². The molecule has 0 aliphatic heterocycles. The van der Waals surface area contributed by atoms with Gasteiger partial charge in [-0.15, -0.1) is 0 Å². The second-order valence-corrected chi connectivity index (χ2v) is 38.3. The van der Waals surface area contributed by atoms with E-state index in [1.165, 1.54) is 148 Å². The Balaban J connectivity index is 0.000000108. The zero-order chi connectivity index (χ0) is 99.1. The van der Waals surface area contributed by atoms with Crippen LogP contribution in [-0.4, -0.2) is 52.3 Å². The molecule has 0 saturated carbocycles. The molecular formula is C139H91N11. The van der Waals surface area contributed by atoms with Crippen LogP contribution in [0.25, 0.3) is 266 Å². The monoisotopic (exact) mass is 1910 g/mol. The van der Waals surface area contributed by atoms with Gasteiger partial charge < -0.3 is 18.3 Å². The summed E-state index contributed by atoms with van der Waals surface area (Å²) < 4.78 is 14.0. The van der Waals surface area contributed by atoms with E-state index in [0.29, 0.717) is 0 Å². The average Bonchev–Trinajstić information content (AvgIpc) is 1.58. The summed E-state index contributed by atoms with van der Waals surface area (Å²) in [6, 6.07) is 184. The minimum atomic E-state index is 0.896. The Kier molecular flexibility index (Phi) is 21.7. The Morgan fingerprint density at radius 2 is 0.333 bits per heavy atom. The normalized spacial score (nSPS) is 11.6. The molecule has 11 aromatic heterocycles.